The summed E-state index contributed by atoms with van der Waals surface area (Å²) in [6, 6.07) is 7.30. The number of benzene rings is 1. The lowest BCUT2D eigenvalue weighted by Gasteiger charge is -2.31. The van der Waals surface area contributed by atoms with Crippen molar-refractivity contribution in [3.8, 4) is 0 Å². The summed E-state index contributed by atoms with van der Waals surface area (Å²) in [6.45, 7) is 4.51. The van der Waals surface area contributed by atoms with Crippen molar-refractivity contribution in [3.63, 3.8) is 0 Å². The topological polar surface area (TPSA) is 113 Å². The number of rotatable bonds is 6. The second-order valence-corrected chi connectivity index (χ2v) is 6.68. The third kappa shape index (κ3) is 6.42. The number of carbonyl (C=O) groups excluding carboxylic acids is 1. The van der Waals surface area contributed by atoms with Gasteiger partial charge in [-0.15, -0.1) is 24.8 Å². The summed E-state index contributed by atoms with van der Waals surface area (Å²) >= 11 is 0. The smallest absolute Gasteiger partial charge is 0.258 e. The van der Waals surface area contributed by atoms with Crippen LogP contribution < -0.4 is 16.6 Å². The second kappa shape index (κ2) is 11.3. The maximum Gasteiger partial charge on any atom is 0.258 e. The largest absolute Gasteiger partial charge is 0.366 e. The monoisotopic (exact) mass is 431 g/mol. The van der Waals surface area contributed by atoms with Crippen molar-refractivity contribution in [2.45, 2.75) is 32.0 Å². The van der Waals surface area contributed by atoms with Crippen molar-refractivity contribution in [2.24, 2.45) is 5.73 Å². The summed E-state index contributed by atoms with van der Waals surface area (Å²) in [5, 5.41) is 3.43. The average Bonchev–Trinajstić information content (AvgIpc) is 2.61. The number of amides is 1. The highest BCUT2D eigenvalue weighted by Gasteiger charge is 2.26. The fourth-order valence-electron chi connectivity index (χ4n) is 2.96. The molecule has 4 N–H and O–H groups in total. The van der Waals surface area contributed by atoms with Gasteiger partial charge in [-0.2, -0.15) is 0 Å². The Bertz CT molecular complexity index is 830. The zero-order valence-corrected chi connectivity index (χ0v) is 17.4. The molecule has 2 aromatic rings. The summed E-state index contributed by atoms with van der Waals surface area (Å²) < 4.78 is 5.58. The lowest BCUT2D eigenvalue weighted by molar-refractivity contribution is -0.138. The molecule has 0 bridgehead atoms. The molecule has 0 aliphatic carbocycles. The predicted octanol–water partition coefficient (Wildman–Crippen LogP) is 0.821. The van der Waals surface area contributed by atoms with Gasteiger partial charge >= 0.3 is 0 Å². The van der Waals surface area contributed by atoms with Gasteiger partial charge in [0, 0.05) is 25.7 Å². The van der Waals surface area contributed by atoms with E-state index in [0.29, 0.717) is 49.5 Å². The molecular weight excluding hydrogens is 405 g/mol. The van der Waals surface area contributed by atoms with Gasteiger partial charge in [0.15, 0.2) is 0 Å². The van der Waals surface area contributed by atoms with E-state index in [0.717, 1.165) is 6.42 Å². The third-order valence-electron chi connectivity index (χ3n) is 4.38. The van der Waals surface area contributed by atoms with Crippen LogP contribution in [0.3, 0.4) is 0 Å². The van der Waals surface area contributed by atoms with Crippen LogP contribution in [0.1, 0.15) is 19.2 Å². The Morgan fingerprint density at radius 3 is 2.93 bits per heavy atom. The van der Waals surface area contributed by atoms with Crippen LogP contribution in [0.4, 0.5) is 0 Å². The molecule has 1 aliphatic heterocycles. The van der Waals surface area contributed by atoms with E-state index in [1.165, 1.54) is 0 Å². The minimum Gasteiger partial charge on any atom is -0.366 e. The molecule has 0 saturated carbocycles. The number of hydrogen-bond acceptors (Lipinski definition) is 6. The molecule has 1 saturated heterocycles. The summed E-state index contributed by atoms with van der Waals surface area (Å²) in [7, 11) is 0. The number of halogens is 2. The second-order valence-electron chi connectivity index (χ2n) is 6.68. The molecule has 1 aromatic carbocycles. The van der Waals surface area contributed by atoms with Crippen molar-refractivity contribution in [1.82, 2.24) is 20.2 Å². The maximum atomic E-state index is 12.2. The third-order valence-corrected chi connectivity index (χ3v) is 4.38. The molecule has 1 aromatic heterocycles. The van der Waals surface area contributed by atoms with Crippen LogP contribution in [0.5, 0.6) is 0 Å². The number of nitrogens with two attached hydrogens (primary N) is 1. The van der Waals surface area contributed by atoms with Gasteiger partial charge < -0.3 is 20.8 Å². The number of ether oxygens (including phenoxy) is 1. The number of hydrogen-bond donors (Lipinski definition) is 3. The number of fused-ring (bicyclic) bond motifs is 1. The molecule has 10 heteroatoms. The van der Waals surface area contributed by atoms with E-state index in [1.807, 2.05) is 25.1 Å². The first-order valence-electron chi connectivity index (χ1n) is 8.88. The predicted molar refractivity (Wildman–Crippen MR) is 113 cm³/mol. The van der Waals surface area contributed by atoms with Crippen molar-refractivity contribution < 1.29 is 9.53 Å². The van der Waals surface area contributed by atoms with Crippen LogP contribution in [0.2, 0.25) is 0 Å². The Labute approximate surface area is 176 Å². The van der Waals surface area contributed by atoms with Crippen LogP contribution in [-0.4, -0.2) is 59.2 Å². The molecule has 8 nitrogen and oxygen atoms in total. The highest BCUT2D eigenvalue weighted by Crippen LogP contribution is 2.10. The first kappa shape index (κ1) is 24.3. The lowest BCUT2D eigenvalue weighted by Crippen LogP contribution is -2.50. The minimum absolute atomic E-state index is 0. The quantitative estimate of drug-likeness (QED) is 0.623. The fourth-order valence-corrected chi connectivity index (χ4v) is 2.96. The van der Waals surface area contributed by atoms with Gasteiger partial charge in [-0.05, 0) is 25.5 Å². The number of aromatic amines is 1. The van der Waals surface area contributed by atoms with E-state index in [9.17, 15) is 9.59 Å². The number of H-pyrrole nitrogens is 1. The Morgan fingerprint density at radius 2 is 2.18 bits per heavy atom. The zero-order valence-electron chi connectivity index (χ0n) is 15.7. The van der Waals surface area contributed by atoms with Gasteiger partial charge in [0.25, 0.3) is 5.56 Å². The Balaban J connectivity index is 0.00000196. The van der Waals surface area contributed by atoms with E-state index < -0.39 is 6.10 Å². The summed E-state index contributed by atoms with van der Waals surface area (Å²) in [5.41, 5.74) is 6.21. The van der Waals surface area contributed by atoms with E-state index in [1.54, 1.807) is 6.07 Å². The molecule has 2 atom stereocenters. The van der Waals surface area contributed by atoms with Gasteiger partial charge in [0.2, 0.25) is 5.91 Å². The first-order chi connectivity index (χ1) is 12.5. The number of para-hydroxylation sites is 1. The van der Waals surface area contributed by atoms with Gasteiger partial charge in [-0.3, -0.25) is 14.5 Å². The number of aromatic nitrogens is 2. The fraction of sp³-hybridized carbons (Fsp3) is 0.500. The highest BCUT2D eigenvalue weighted by molar-refractivity contribution is 5.85. The van der Waals surface area contributed by atoms with Crippen molar-refractivity contribution in [2.75, 3.05) is 26.2 Å². The zero-order chi connectivity index (χ0) is 18.5. The van der Waals surface area contributed by atoms with E-state index in [4.69, 9.17) is 10.5 Å². The Hall–Kier alpha value is -1.71. The van der Waals surface area contributed by atoms with Crippen LogP contribution in [-0.2, 0) is 16.1 Å². The number of morpholine rings is 1. The SMILES string of the molecule is CC(N)CCNC(=O)C1CN(Cc2nc3ccccc3c(=O)[nH]2)CCO1.Cl.Cl. The highest BCUT2D eigenvalue weighted by atomic mass is 35.5. The molecule has 2 heterocycles. The molecule has 0 radical (unpaired) electrons. The molecule has 0 spiro atoms. The number of nitrogens with one attached hydrogen (secondary N) is 2. The average molecular weight is 432 g/mol. The van der Waals surface area contributed by atoms with Crippen molar-refractivity contribution >= 4 is 41.6 Å². The van der Waals surface area contributed by atoms with Crippen LogP contribution in [0, 0.1) is 0 Å². The molecule has 1 aliphatic rings. The molecular formula is C18H27Cl2N5O3. The molecule has 156 valence electrons. The lowest BCUT2D eigenvalue weighted by atomic mass is 10.2. The first-order valence-corrected chi connectivity index (χ1v) is 8.88. The molecule has 3 rings (SSSR count). The molecule has 1 fully saturated rings. The van der Waals surface area contributed by atoms with E-state index in [-0.39, 0.29) is 42.3 Å². The maximum absolute atomic E-state index is 12.2. The normalized spacial score (nSPS) is 18.0. The summed E-state index contributed by atoms with van der Waals surface area (Å²) in [6.07, 6.45) is 0.203. The van der Waals surface area contributed by atoms with Gasteiger partial charge in [-0.25, -0.2) is 4.98 Å². The summed E-state index contributed by atoms with van der Waals surface area (Å²) in [4.78, 5) is 33.8. The van der Waals surface area contributed by atoms with Crippen LogP contribution >= 0.6 is 24.8 Å². The number of nitrogens with zero attached hydrogens (tertiary/aromatic N) is 2. The minimum atomic E-state index is -0.524. The van der Waals surface area contributed by atoms with Gasteiger partial charge in [0.05, 0.1) is 24.1 Å². The van der Waals surface area contributed by atoms with Gasteiger partial charge in [-0.1, -0.05) is 12.1 Å². The van der Waals surface area contributed by atoms with E-state index >= 15 is 0 Å². The van der Waals surface area contributed by atoms with Crippen LogP contribution in [0.25, 0.3) is 10.9 Å². The van der Waals surface area contributed by atoms with Crippen molar-refractivity contribution in [1.29, 1.82) is 0 Å². The Kier molecular flexibility index (Phi) is 9.84. The summed E-state index contributed by atoms with van der Waals surface area (Å²) in [5.74, 6) is 0.460. The van der Waals surface area contributed by atoms with Crippen LogP contribution in [0.15, 0.2) is 29.1 Å². The van der Waals surface area contributed by atoms with Gasteiger partial charge in [0.1, 0.15) is 11.9 Å². The molecule has 1 amide bonds. The molecule has 28 heavy (non-hydrogen) atoms. The Morgan fingerprint density at radius 1 is 1.43 bits per heavy atom. The molecule has 2 unspecified atom stereocenters. The van der Waals surface area contributed by atoms with E-state index in [2.05, 4.69) is 20.2 Å². The standard InChI is InChI=1S/C18H25N5O3.2ClH/c1-12(19)6-7-20-18(25)15-10-23(8-9-26-15)11-16-21-14-5-3-2-4-13(14)17(24)22-16;;/h2-5,12,15H,6-11,19H2,1H3,(H,20,25)(H,21,22,24);2*1H. The van der Waals surface area contributed by atoms with Crippen molar-refractivity contribution in [3.05, 3.63) is 40.4 Å². The number of carbonyl (C=O) groups is 1.